The molecule has 0 unspecified atom stereocenters. The number of nitrogens with zero attached hydrogens (tertiary/aromatic N) is 7. The Bertz CT molecular complexity index is 1610. The van der Waals surface area contributed by atoms with E-state index in [-0.39, 0.29) is 17.9 Å². The Morgan fingerprint density at radius 2 is 1.86 bits per heavy atom. The molecule has 3 aromatic heterocycles. The molecule has 0 saturated carbocycles. The highest BCUT2D eigenvalue weighted by Gasteiger charge is 2.44. The van der Waals surface area contributed by atoms with Gasteiger partial charge in [0.2, 0.25) is 0 Å². The van der Waals surface area contributed by atoms with Gasteiger partial charge in [-0.15, -0.1) is 5.10 Å². The summed E-state index contributed by atoms with van der Waals surface area (Å²) >= 11 is 3.56. The first-order valence-corrected chi connectivity index (χ1v) is 15.1. The molecule has 4 aromatic rings. The van der Waals surface area contributed by atoms with E-state index in [2.05, 4.69) is 57.3 Å². The molecule has 42 heavy (non-hydrogen) atoms. The Morgan fingerprint density at radius 1 is 1.12 bits per heavy atom. The van der Waals surface area contributed by atoms with Gasteiger partial charge in [0.15, 0.2) is 5.82 Å². The van der Waals surface area contributed by atoms with Crippen molar-refractivity contribution in [3.63, 3.8) is 0 Å². The summed E-state index contributed by atoms with van der Waals surface area (Å²) in [6, 6.07) is 10.1. The Kier molecular flexibility index (Phi) is 8.41. The third kappa shape index (κ3) is 5.66. The van der Waals surface area contributed by atoms with Crippen molar-refractivity contribution >= 4 is 27.8 Å². The number of esters is 1. The number of piperidine rings is 1. The molecular formula is C31H38BrN7O3. The molecule has 1 saturated heterocycles. The highest BCUT2D eigenvalue weighted by atomic mass is 79.9. The zero-order valence-electron chi connectivity index (χ0n) is 25.1. The van der Waals surface area contributed by atoms with Crippen molar-refractivity contribution in [3.05, 3.63) is 81.0 Å². The Hall–Kier alpha value is -3.73. The quantitative estimate of drug-likeness (QED) is 0.249. The van der Waals surface area contributed by atoms with Crippen LogP contribution in [0.4, 0.5) is 0 Å². The average molecular weight is 637 g/mol. The van der Waals surface area contributed by atoms with Crippen LogP contribution in [0.5, 0.6) is 0 Å². The number of likely N-dealkylation sites (tertiary alicyclic amines) is 1. The van der Waals surface area contributed by atoms with E-state index in [4.69, 9.17) is 4.74 Å². The summed E-state index contributed by atoms with van der Waals surface area (Å²) in [5, 5.41) is 13.4. The van der Waals surface area contributed by atoms with Crippen molar-refractivity contribution in [2.75, 3.05) is 19.7 Å². The van der Waals surface area contributed by atoms with Crippen LogP contribution in [0.2, 0.25) is 0 Å². The first-order chi connectivity index (χ1) is 20.0. The Labute approximate surface area is 254 Å². The summed E-state index contributed by atoms with van der Waals surface area (Å²) in [6.07, 6.45) is 5.20. The third-order valence-electron chi connectivity index (χ3n) is 8.44. The molecule has 0 radical (unpaired) electrons. The van der Waals surface area contributed by atoms with Crippen molar-refractivity contribution < 1.29 is 14.3 Å². The number of hydrogen-bond acceptors (Lipinski definition) is 6. The average Bonchev–Trinajstić information content (AvgIpc) is 3.68. The number of aryl methyl sites for hydroxylation is 3. The van der Waals surface area contributed by atoms with Crippen LogP contribution in [0.15, 0.2) is 47.2 Å². The summed E-state index contributed by atoms with van der Waals surface area (Å²) in [5.74, 6) is 0.507. The van der Waals surface area contributed by atoms with Gasteiger partial charge in [0, 0.05) is 60.9 Å². The van der Waals surface area contributed by atoms with Crippen LogP contribution in [0, 0.1) is 26.2 Å². The van der Waals surface area contributed by atoms with Gasteiger partial charge in [-0.25, -0.2) is 4.68 Å². The maximum Gasteiger partial charge on any atom is 0.312 e. The van der Waals surface area contributed by atoms with E-state index in [9.17, 15) is 9.59 Å². The molecule has 1 atom stereocenters. The summed E-state index contributed by atoms with van der Waals surface area (Å²) in [5.41, 5.74) is 4.70. The number of ether oxygens (including phenoxy) is 1. The van der Waals surface area contributed by atoms with Crippen molar-refractivity contribution in [1.29, 1.82) is 0 Å². The van der Waals surface area contributed by atoms with E-state index in [1.165, 1.54) is 0 Å². The van der Waals surface area contributed by atoms with Gasteiger partial charge in [-0.1, -0.05) is 33.3 Å². The fourth-order valence-electron chi connectivity index (χ4n) is 5.91. The minimum Gasteiger partial charge on any atom is -0.466 e. The normalized spacial score (nSPS) is 15.5. The van der Waals surface area contributed by atoms with Gasteiger partial charge in [0.05, 0.1) is 29.3 Å². The molecule has 1 aromatic carbocycles. The molecule has 10 nitrogen and oxygen atoms in total. The largest absolute Gasteiger partial charge is 0.466 e. The van der Waals surface area contributed by atoms with Gasteiger partial charge in [0.25, 0.3) is 5.91 Å². The first kappa shape index (κ1) is 29.8. The van der Waals surface area contributed by atoms with Gasteiger partial charge in [-0.3, -0.25) is 14.3 Å². The zero-order valence-corrected chi connectivity index (χ0v) is 26.7. The smallest absolute Gasteiger partial charge is 0.312 e. The fraction of sp³-hybridized carbons (Fsp3) is 0.452. The predicted molar refractivity (Wildman–Crippen MR) is 163 cm³/mol. The first-order valence-electron chi connectivity index (χ1n) is 14.3. The van der Waals surface area contributed by atoms with Crippen molar-refractivity contribution in [3.8, 4) is 5.82 Å². The van der Waals surface area contributed by atoms with Gasteiger partial charge in [0.1, 0.15) is 0 Å². The van der Waals surface area contributed by atoms with Crippen LogP contribution < -0.4 is 0 Å². The summed E-state index contributed by atoms with van der Waals surface area (Å²) in [4.78, 5) is 28.9. The molecule has 0 spiro atoms. The molecule has 1 aliphatic rings. The SMILES string of the molecule is CCOC(=O)C1(Cc2cn([C@H](C)c3ccc(Br)c(C)c3)nn2)CCN(C(=O)c2cc(C)n(-c3ccn(C)n3)c2C)CC1. The molecule has 11 heteroatoms. The fourth-order valence-corrected chi connectivity index (χ4v) is 6.16. The number of hydrogen-bond donors (Lipinski definition) is 0. The van der Waals surface area contributed by atoms with Crippen LogP contribution in [-0.2, 0) is 23.0 Å². The summed E-state index contributed by atoms with van der Waals surface area (Å²) in [6.45, 7) is 11.1. The van der Waals surface area contributed by atoms with E-state index in [1.807, 2.05) is 72.6 Å². The number of amides is 1. The molecule has 1 aliphatic heterocycles. The Morgan fingerprint density at radius 3 is 2.50 bits per heavy atom. The highest BCUT2D eigenvalue weighted by molar-refractivity contribution is 9.10. The lowest BCUT2D eigenvalue weighted by Crippen LogP contribution is -2.48. The van der Waals surface area contributed by atoms with Crippen molar-refractivity contribution in [1.82, 2.24) is 34.2 Å². The standard InChI is InChI=1S/C31H38BrN7O3/c1-7-42-30(41)31(18-25-19-38(35-33-25)22(4)24-8-9-27(32)20(2)16-24)11-14-37(15-12-31)29(40)26-17-21(3)39(23(26)5)28-10-13-36(6)34-28/h8-10,13,16-17,19,22H,7,11-12,14-15,18H2,1-6H3/t22-/m1/s1. The van der Waals surface area contributed by atoms with Gasteiger partial charge < -0.3 is 14.2 Å². The topological polar surface area (TPSA) is 100 Å². The molecule has 222 valence electrons. The van der Waals surface area contributed by atoms with E-state index < -0.39 is 5.41 Å². The minimum atomic E-state index is -0.768. The highest BCUT2D eigenvalue weighted by Crippen LogP contribution is 2.37. The summed E-state index contributed by atoms with van der Waals surface area (Å²) < 4.78 is 12.2. The van der Waals surface area contributed by atoms with Crippen LogP contribution in [0.25, 0.3) is 5.82 Å². The molecule has 0 aliphatic carbocycles. The minimum absolute atomic E-state index is 0.0128. The number of carbonyl (C=O) groups is 2. The van der Waals surface area contributed by atoms with E-state index >= 15 is 0 Å². The summed E-state index contributed by atoms with van der Waals surface area (Å²) in [7, 11) is 1.87. The second-order valence-corrected chi connectivity index (χ2v) is 12.2. The maximum atomic E-state index is 13.7. The Balaban J connectivity index is 1.32. The van der Waals surface area contributed by atoms with E-state index in [0.29, 0.717) is 44.5 Å². The molecule has 0 N–H and O–H groups in total. The lowest BCUT2D eigenvalue weighted by molar-refractivity contribution is -0.158. The predicted octanol–water partition coefficient (Wildman–Crippen LogP) is 5.13. The number of benzene rings is 1. The lowest BCUT2D eigenvalue weighted by Gasteiger charge is -2.39. The molecule has 5 rings (SSSR count). The number of rotatable bonds is 8. The van der Waals surface area contributed by atoms with Crippen LogP contribution >= 0.6 is 15.9 Å². The number of halogens is 1. The molecular weight excluding hydrogens is 598 g/mol. The second-order valence-electron chi connectivity index (χ2n) is 11.3. The lowest BCUT2D eigenvalue weighted by atomic mass is 9.74. The van der Waals surface area contributed by atoms with Crippen LogP contribution in [0.3, 0.4) is 0 Å². The molecule has 0 bridgehead atoms. The molecule has 4 heterocycles. The van der Waals surface area contributed by atoms with Gasteiger partial charge >= 0.3 is 5.97 Å². The molecule has 1 fully saturated rings. The van der Waals surface area contributed by atoms with E-state index in [0.717, 1.165) is 38.5 Å². The second kappa shape index (κ2) is 11.9. The van der Waals surface area contributed by atoms with Gasteiger partial charge in [-0.2, -0.15) is 5.10 Å². The number of carbonyl (C=O) groups excluding carboxylic acids is 2. The van der Waals surface area contributed by atoms with Gasteiger partial charge in [-0.05, 0) is 70.7 Å². The monoisotopic (exact) mass is 635 g/mol. The van der Waals surface area contributed by atoms with Crippen molar-refractivity contribution in [2.45, 2.75) is 59.9 Å². The number of aromatic nitrogens is 6. The molecule has 1 amide bonds. The zero-order chi connectivity index (χ0) is 30.2. The van der Waals surface area contributed by atoms with Crippen LogP contribution in [-0.4, -0.2) is 65.8 Å². The van der Waals surface area contributed by atoms with E-state index in [1.54, 1.807) is 4.68 Å². The maximum absolute atomic E-state index is 13.7. The van der Waals surface area contributed by atoms with Crippen molar-refractivity contribution in [2.24, 2.45) is 12.5 Å². The van der Waals surface area contributed by atoms with Crippen LogP contribution in [0.1, 0.15) is 71.3 Å². The third-order valence-corrected chi connectivity index (χ3v) is 9.33.